The maximum absolute atomic E-state index is 9.93. The van der Waals surface area contributed by atoms with Gasteiger partial charge in [-0.3, -0.25) is 0 Å². The largest absolute Gasteiger partial charge is 0.507 e. The first-order chi connectivity index (χ1) is 6.40. The van der Waals surface area contributed by atoms with Crippen LogP contribution in [0.2, 0.25) is 0 Å². The van der Waals surface area contributed by atoms with E-state index in [0.717, 1.165) is 16.7 Å². The van der Waals surface area contributed by atoms with E-state index in [4.69, 9.17) is 0 Å². The van der Waals surface area contributed by atoms with E-state index in [1.807, 2.05) is 39.8 Å². The van der Waals surface area contributed by atoms with Crippen molar-refractivity contribution < 1.29 is 10.2 Å². The normalized spacial score (nSPS) is 11.8. The van der Waals surface area contributed by atoms with Gasteiger partial charge in [0, 0.05) is 11.0 Å². The molecule has 0 aromatic heterocycles. The number of hydrogen-bond acceptors (Lipinski definition) is 2. The maximum Gasteiger partial charge on any atom is 0.122 e. The summed E-state index contributed by atoms with van der Waals surface area (Å²) in [5.74, 6) is 0.309. The van der Waals surface area contributed by atoms with Crippen LogP contribution in [0.4, 0.5) is 0 Å². The first-order valence-corrected chi connectivity index (χ1v) is 4.80. The minimum Gasteiger partial charge on any atom is -0.507 e. The number of hydrogen-bond donors (Lipinski definition) is 2. The average Bonchev–Trinajstić information content (AvgIpc) is 2.12. The molecule has 0 bridgehead atoms. The Labute approximate surface area is 85.2 Å². The molecule has 2 N–H and O–H groups in total. The lowest BCUT2D eigenvalue weighted by molar-refractivity contribution is 0.214. The molecule has 0 fully saturated rings. The molecule has 0 saturated heterocycles. The smallest absolute Gasteiger partial charge is 0.122 e. The van der Waals surface area contributed by atoms with Crippen LogP contribution < -0.4 is 0 Å². The van der Waals surface area contributed by atoms with Crippen molar-refractivity contribution in [1.29, 1.82) is 0 Å². The fourth-order valence-electron chi connectivity index (χ4n) is 1.73. The summed E-state index contributed by atoms with van der Waals surface area (Å²) >= 11 is 0. The molecule has 78 valence electrons. The molecule has 0 aliphatic carbocycles. The molecule has 0 atom stereocenters. The van der Waals surface area contributed by atoms with Gasteiger partial charge in [0.05, 0.1) is 6.61 Å². The van der Waals surface area contributed by atoms with Gasteiger partial charge in [-0.1, -0.05) is 26.0 Å². The number of aromatic hydroxyl groups is 1. The summed E-state index contributed by atoms with van der Waals surface area (Å²) < 4.78 is 0. The molecule has 1 rings (SSSR count). The molecule has 0 radical (unpaired) electrons. The van der Waals surface area contributed by atoms with Crippen LogP contribution in [0.1, 0.15) is 30.5 Å². The molecule has 0 aliphatic heterocycles. The van der Waals surface area contributed by atoms with Crippen molar-refractivity contribution in [3.05, 3.63) is 28.8 Å². The van der Waals surface area contributed by atoms with E-state index in [9.17, 15) is 10.2 Å². The molecule has 0 saturated carbocycles. The molecular formula is C12H18O2. The zero-order valence-corrected chi connectivity index (χ0v) is 9.26. The summed E-state index contributed by atoms with van der Waals surface area (Å²) in [5, 5.41) is 19.2. The van der Waals surface area contributed by atoms with Gasteiger partial charge in [0.2, 0.25) is 0 Å². The highest BCUT2D eigenvalue weighted by Crippen LogP contribution is 2.35. The minimum atomic E-state index is -0.389. The van der Waals surface area contributed by atoms with Gasteiger partial charge in [-0.15, -0.1) is 0 Å². The standard InChI is InChI=1S/C12H18O2/c1-8-5-6-9(2)11(14)10(8)12(3,4)7-13/h5-6,13-14H,7H2,1-4H3. The second-order valence-corrected chi connectivity index (χ2v) is 4.46. The molecule has 2 nitrogen and oxygen atoms in total. The Morgan fingerprint density at radius 3 is 2.14 bits per heavy atom. The van der Waals surface area contributed by atoms with E-state index < -0.39 is 0 Å². The van der Waals surface area contributed by atoms with Crippen LogP contribution in [0, 0.1) is 13.8 Å². The van der Waals surface area contributed by atoms with E-state index in [1.54, 1.807) is 0 Å². The number of rotatable bonds is 2. The molecule has 1 aromatic carbocycles. The molecule has 14 heavy (non-hydrogen) atoms. The third-order valence-corrected chi connectivity index (χ3v) is 2.66. The van der Waals surface area contributed by atoms with Crippen molar-refractivity contribution in [3.63, 3.8) is 0 Å². The van der Waals surface area contributed by atoms with Gasteiger partial charge >= 0.3 is 0 Å². The highest BCUT2D eigenvalue weighted by molar-refractivity contribution is 5.48. The third kappa shape index (κ3) is 1.75. The highest BCUT2D eigenvalue weighted by atomic mass is 16.3. The lowest BCUT2D eigenvalue weighted by Crippen LogP contribution is -2.23. The van der Waals surface area contributed by atoms with E-state index in [0.29, 0.717) is 5.75 Å². The van der Waals surface area contributed by atoms with Crippen molar-refractivity contribution >= 4 is 0 Å². The Morgan fingerprint density at radius 2 is 1.64 bits per heavy atom. The van der Waals surface area contributed by atoms with Gasteiger partial charge in [0.15, 0.2) is 0 Å². The summed E-state index contributed by atoms with van der Waals surface area (Å²) in [5.41, 5.74) is 2.33. The van der Waals surface area contributed by atoms with Gasteiger partial charge in [0.1, 0.15) is 5.75 Å². The van der Waals surface area contributed by atoms with Crippen molar-refractivity contribution in [2.75, 3.05) is 6.61 Å². The number of aliphatic hydroxyl groups is 1. The van der Waals surface area contributed by atoms with Gasteiger partial charge in [-0.2, -0.15) is 0 Å². The summed E-state index contributed by atoms with van der Waals surface area (Å²) in [6.07, 6.45) is 0. The van der Waals surface area contributed by atoms with Crippen molar-refractivity contribution in [2.24, 2.45) is 0 Å². The molecule has 0 amide bonds. The molecule has 2 heteroatoms. The summed E-state index contributed by atoms with van der Waals surface area (Å²) in [6, 6.07) is 3.86. The van der Waals surface area contributed by atoms with Gasteiger partial charge in [-0.05, 0) is 25.0 Å². The fourth-order valence-corrected chi connectivity index (χ4v) is 1.73. The second-order valence-electron chi connectivity index (χ2n) is 4.46. The lowest BCUT2D eigenvalue weighted by atomic mass is 9.81. The second kappa shape index (κ2) is 3.62. The Balaban J connectivity index is 3.40. The zero-order chi connectivity index (χ0) is 10.9. The Hall–Kier alpha value is -1.02. The van der Waals surface area contributed by atoms with E-state index in [1.165, 1.54) is 0 Å². The van der Waals surface area contributed by atoms with Crippen LogP contribution >= 0.6 is 0 Å². The van der Waals surface area contributed by atoms with E-state index >= 15 is 0 Å². The van der Waals surface area contributed by atoms with Crippen LogP contribution in [-0.2, 0) is 5.41 Å². The van der Waals surface area contributed by atoms with Gasteiger partial charge < -0.3 is 10.2 Å². The SMILES string of the molecule is Cc1ccc(C)c(C(C)(C)CO)c1O. The number of phenolic OH excluding ortho intramolecular Hbond substituents is 1. The summed E-state index contributed by atoms with van der Waals surface area (Å²) in [4.78, 5) is 0. The number of aliphatic hydroxyl groups excluding tert-OH is 1. The Morgan fingerprint density at radius 1 is 1.14 bits per heavy atom. The quantitative estimate of drug-likeness (QED) is 0.758. The monoisotopic (exact) mass is 194 g/mol. The van der Waals surface area contributed by atoms with Crippen LogP contribution in [0.25, 0.3) is 0 Å². The molecule has 0 unspecified atom stereocenters. The van der Waals surface area contributed by atoms with Crippen LogP contribution in [0.15, 0.2) is 12.1 Å². The highest BCUT2D eigenvalue weighted by Gasteiger charge is 2.25. The third-order valence-electron chi connectivity index (χ3n) is 2.66. The van der Waals surface area contributed by atoms with Crippen LogP contribution in [-0.4, -0.2) is 16.8 Å². The fraction of sp³-hybridized carbons (Fsp3) is 0.500. The van der Waals surface area contributed by atoms with Crippen LogP contribution in [0.3, 0.4) is 0 Å². The average molecular weight is 194 g/mol. The molecule has 0 spiro atoms. The van der Waals surface area contributed by atoms with Crippen molar-refractivity contribution in [3.8, 4) is 5.75 Å². The first-order valence-electron chi connectivity index (χ1n) is 4.80. The predicted molar refractivity (Wildman–Crippen MR) is 57.7 cm³/mol. The molecular weight excluding hydrogens is 176 g/mol. The number of phenols is 1. The van der Waals surface area contributed by atoms with Crippen molar-refractivity contribution in [2.45, 2.75) is 33.1 Å². The zero-order valence-electron chi connectivity index (χ0n) is 9.26. The first kappa shape index (κ1) is 11.1. The van der Waals surface area contributed by atoms with Crippen molar-refractivity contribution in [1.82, 2.24) is 0 Å². The van der Waals surface area contributed by atoms with E-state index in [-0.39, 0.29) is 12.0 Å². The minimum absolute atomic E-state index is 0.0326. The van der Waals surface area contributed by atoms with Gasteiger partial charge in [0.25, 0.3) is 0 Å². The molecule has 1 aromatic rings. The number of aryl methyl sites for hydroxylation is 2. The summed E-state index contributed by atoms with van der Waals surface area (Å²) in [6.45, 7) is 7.70. The molecule has 0 aliphatic rings. The Kier molecular flexibility index (Phi) is 2.86. The molecule has 0 heterocycles. The van der Waals surface area contributed by atoms with Gasteiger partial charge in [-0.25, -0.2) is 0 Å². The Bertz CT molecular complexity index is 340. The maximum atomic E-state index is 9.93. The van der Waals surface area contributed by atoms with E-state index in [2.05, 4.69) is 0 Å². The predicted octanol–water partition coefficient (Wildman–Crippen LogP) is 2.28. The number of benzene rings is 1. The summed E-state index contributed by atoms with van der Waals surface area (Å²) in [7, 11) is 0. The lowest BCUT2D eigenvalue weighted by Gasteiger charge is -2.26. The topological polar surface area (TPSA) is 40.5 Å². The van der Waals surface area contributed by atoms with Crippen LogP contribution in [0.5, 0.6) is 5.75 Å².